The first kappa shape index (κ1) is 15.1. The smallest absolute Gasteiger partial charge is 0.409 e. The number of carboxylic acid groups (broad SMARTS) is 1. The van der Waals surface area contributed by atoms with Crippen molar-refractivity contribution < 1.29 is 9.90 Å². The maximum atomic E-state index is 12.5. The molecule has 0 aliphatic carbocycles. The minimum Gasteiger partial charge on any atom is -0.465 e. The van der Waals surface area contributed by atoms with Crippen LogP contribution >= 0.6 is 12.6 Å². The number of fused-ring (bicyclic) bond motifs is 1. The van der Waals surface area contributed by atoms with E-state index < -0.39 is 6.09 Å². The summed E-state index contributed by atoms with van der Waals surface area (Å²) in [7, 11) is 0. The van der Waals surface area contributed by atoms with Crippen molar-refractivity contribution in [2.75, 3.05) is 5.32 Å². The molecular weight excluding hydrogens is 314 g/mol. The van der Waals surface area contributed by atoms with Gasteiger partial charge in [0, 0.05) is 16.0 Å². The van der Waals surface area contributed by atoms with Gasteiger partial charge in [-0.3, -0.25) is 10.1 Å². The Hall–Kier alpha value is -2.80. The predicted molar refractivity (Wildman–Crippen MR) is 90.4 cm³/mol. The zero-order valence-corrected chi connectivity index (χ0v) is 12.8. The molecule has 0 fully saturated rings. The van der Waals surface area contributed by atoms with Gasteiger partial charge in [-0.1, -0.05) is 12.1 Å². The second-order valence-electron chi connectivity index (χ2n) is 5.01. The van der Waals surface area contributed by atoms with Crippen LogP contribution in [0, 0.1) is 0 Å². The van der Waals surface area contributed by atoms with Crippen molar-refractivity contribution >= 4 is 35.2 Å². The van der Waals surface area contributed by atoms with E-state index in [2.05, 4.69) is 23.0 Å². The van der Waals surface area contributed by atoms with Crippen molar-refractivity contribution in [3.63, 3.8) is 0 Å². The van der Waals surface area contributed by atoms with Crippen molar-refractivity contribution in [3.05, 3.63) is 64.6 Å². The number of hydrogen-bond donors (Lipinski definition) is 3. The molecular formula is C16H13N3O3S. The summed E-state index contributed by atoms with van der Waals surface area (Å²) in [5, 5.41) is 16.5. The number of anilines is 1. The van der Waals surface area contributed by atoms with Crippen LogP contribution in [0.1, 0.15) is 5.56 Å². The molecule has 0 aliphatic heterocycles. The molecule has 1 amide bonds. The Morgan fingerprint density at radius 2 is 2.09 bits per heavy atom. The topological polar surface area (TPSA) is 84.2 Å². The molecule has 0 saturated heterocycles. The van der Waals surface area contributed by atoms with E-state index in [0.717, 1.165) is 15.8 Å². The first-order valence-corrected chi connectivity index (χ1v) is 7.25. The molecule has 1 aromatic heterocycles. The third kappa shape index (κ3) is 3.35. The molecule has 3 rings (SSSR count). The highest BCUT2D eigenvalue weighted by molar-refractivity contribution is 7.80. The number of carbonyl (C=O) groups is 1. The summed E-state index contributed by atoms with van der Waals surface area (Å²) in [5.41, 5.74) is 1.02. The summed E-state index contributed by atoms with van der Waals surface area (Å²) < 4.78 is 1.35. The fourth-order valence-corrected chi connectivity index (χ4v) is 2.55. The van der Waals surface area contributed by atoms with E-state index in [1.165, 1.54) is 4.68 Å². The molecule has 2 N–H and O–H groups in total. The van der Waals surface area contributed by atoms with Crippen LogP contribution in [0.25, 0.3) is 10.8 Å². The number of hydrogen-bond acceptors (Lipinski definition) is 4. The minimum atomic E-state index is -1.13. The van der Waals surface area contributed by atoms with Crippen LogP contribution in [0.3, 0.4) is 0 Å². The Bertz CT molecular complexity index is 953. The van der Waals surface area contributed by atoms with E-state index >= 15 is 0 Å². The average molecular weight is 327 g/mol. The van der Waals surface area contributed by atoms with Crippen molar-refractivity contribution in [1.82, 2.24) is 9.78 Å². The van der Waals surface area contributed by atoms with Crippen LogP contribution in [0.4, 0.5) is 10.5 Å². The van der Waals surface area contributed by atoms with Gasteiger partial charge in [-0.2, -0.15) is 5.10 Å². The Morgan fingerprint density at radius 3 is 2.87 bits per heavy atom. The van der Waals surface area contributed by atoms with E-state index in [1.54, 1.807) is 42.6 Å². The highest BCUT2D eigenvalue weighted by Crippen LogP contribution is 2.15. The molecule has 2 aromatic carbocycles. The van der Waals surface area contributed by atoms with Gasteiger partial charge < -0.3 is 5.11 Å². The second-order valence-corrected chi connectivity index (χ2v) is 5.53. The van der Waals surface area contributed by atoms with E-state index in [0.29, 0.717) is 11.1 Å². The summed E-state index contributed by atoms with van der Waals surface area (Å²) >= 11 is 4.25. The van der Waals surface area contributed by atoms with Gasteiger partial charge in [0.1, 0.15) is 0 Å². The van der Waals surface area contributed by atoms with Crippen LogP contribution in [0.15, 0.2) is 58.4 Å². The van der Waals surface area contributed by atoms with Gasteiger partial charge in [-0.15, -0.1) is 12.6 Å². The van der Waals surface area contributed by atoms with Crippen molar-refractivity contribution in [2.45, 2.75) is 11.4 Å². The van der Waals surface area contributed by atoms with Crippen molar-refractivity contribution in [3.8, 4) is 0 Å². The summed E-state index contributed by atoms with van der Waals surface area (Å²) in [4.78, 5) is 23.9. The van der Waals surface area contributed by atoms with E-state index in [4.69, 9.17) is 5.11 Å². The first-order chi connectivity index (χ1) is 11.0. The number of benzene rings is 2. The van der Waals surface area contributed by atoms with Crippen molar-refractivity contribution in [1.29, 1.82) is 0 Å². The molecule has 0 spiro atoms. The van der Waals surface area contributed by atoms with E-state index in [1.807, 2.05) is 6.07 Å². The molecule has 0 bridgehead atoms. The molecule has 7 heteroatoms. The summed E-state index contributed by atoms with van der Waals surface area (Å²) in [6.07, 6.45) is 0.487. The Kier molecular flexibility index (Phi) is 4.03. The van der Waals surface area contributed by atoms with Gasteiger partial charge in [0.2, 0.25) is 0 Å². The van der Waals surface area contributed by atoms with Crippen LogP contribution in [0.2, 0.25) is 0 Å². The third-order valence-electron chi connectivity index (χ3n) is 3.35. The summed E-state index contributed by atoms with van der Waals surface area (Å²) in [5.74, 6) is 0. The van der Waals surface area contributed by atoms with Gasteiger partial charge in [-0.25, -0.2) is 9.48 Å². The highest BCUT2D eigenvalue weighted by Gasteiger charge is 2.06. The Labute approximate surface area is 136 Å². The molecule has 0 unspecified atom stereocenters. The SMILES string of the molecule is O=C(O)Nc1cccc(Cn2ncc3cc(S)ccc3c2=O)c1. The fourth-order valence-electron chi connectivity index (χ4n) is 2.33. The van der Waals surface area contributed by atoms with E-state index in [9.17, 15) is 9.59 Å². The van der Waals surface area contributed by atoms with Crippen molar-refractivity contribution in [2.24, 2.45) is 0 Å². The number of thiol groups is 1. The molecule has 0 saturated carbocycles. The number of nitrogens with zero attached hydrogens (tertiary/aromatic N) is 2. The maximum absolute atomic E-state index is 12.5. The van der Waals surface area contributed by atoms with Crippen LogP contribution < -0.4 is 10.9 Å². The molecule has 6 nitrogen and oxygen atoms in total. The lowest BCUT2D eigenvalue weighted by Crippen LogP contribution is -2.23. The molecule has 1 heterocycles. The zero-order valence-electron chi connectivity index (χ0n) is 11.9. The Morgan fingerprint density at radius 1 is 1.26 bits per heavy atom. The van der Waals surface area contributed by atoms with Gasteiger partial charge in [-0.05, 0) is 35.9 Å². The van der Waals surface area contributed by atoms with Gasteiger partial charge in [0.25, 0.3) is 5.56 Å². The second kappa shape index (κ2) is 6.13. The normalized spacial score (nSPS) is 10.7. The molecule has 3 aromatic rings. The largest absolute Gasteiger partial charge is 0.465 e. The van der Waals surface area contributed by atoms with Crippen LogP contribution in [0.5, 0.6) is 0 Å². The van der Waals surface area contributed by atoms with Crippen LogP contribution in [-0.2, 0) is 6.54 Å². The maximum Gasteiger partial charge on any atom is 0.409 e. The predicted octanol–water partition coefficient (Wildman–Crippen LogP) is 2.82. The summed E-state index contributed by atoms with van der Waals surface area (Å²) in [6.45, 7) is 0.256. The third-order valence-corrected chi connectivity index (χ3v) is 3.62. The lowest BCUT2D eigenvalue weighted by Gasteiger charge is -2.08. The van der Waals surface area contributed by atoms with E-state index in [-0.39, 0.29) is 12.1 Å². The number of amides is 1. The average Bonchev–Trinajstić information content (AvgIpc) is 2.50. The quantitative estimate of drug-likeness (QED) is 0.646. The molecule has 0 aliphatic rings. The molecule has 23 heavy (non-hydrogen) atoms. The Balaban J connectivity index is 1.96. The highest BCUT2D eigenvalue weighted by atomic mass is 32.1. The number of aromatic nitrogens is 2. The number of rotatable bonds is 3. The molecule has 0 radical (unpaired) electrons. The zero-order chi connectivity index (χ0) is 16.4. The lowest BCUT2D eigenvalue weighted by atomic mass is 10.2. The van der Waals surface area contributed by atoms with Gasteiger partial charge >= 0.3 is 6.09 Å². The standard InChI is InChI=1S/C16H13N3O3S/c20-15-14-5-4-13(23)7-11(14)8-17-19(15)9-10-2-1-3-12(6-10)18-16(21)22/h1-8,18,23H,9H2,(H,21,22). The summed E-state index contributed by atoms with van der Waals surface area (Å²) in [6, 6.07) is 12.1. The minimum absolute atomic E-state index is 0.201. The fraction of sp³-hybridized carbons (Fsp3) is 0.0625. The van der Waals surface area contributed by atoms with Gasteiger partial charge in [0.05, 0.1) is 18.1 Å². The molecule has 0 atom stereocenters. The monoisotopic (exact) mass is 327 g/mol. The first-order valence-electron chi connectivity index (χ1n) is 6.81. The van der Waals surface area contributed by atoms with Crippen LogP contribution in [-0.4, -0.2) is 21.0 Å². The molecule has 116 valence electrons. The van der Waals surface area contributed by atoms with Gasteiger partial charge in [0.15, 0.2) is 0 Å². The lowest BCUT2D eigenvalue weighted by molar-refractivity contribution is 0.210. The number of nitrogens with one attached hydrogen (secondary N) is 1.